The molecule has 0 spiro atoms. The van der Waals surface area contributed by atoms with E-state index in [9.17, 15) is 14.7 Å². The minimum atomic E-state index is -0.896. The summed E-state index contributed by atoms with van der Waals surface area (Å²) in [5.74, 6) is -0.896. The van der Waals surface area contributed by atoms with E-state index in [1.807, 2.05) is 74.5 Å². The second-order valence-corrected chi connectivity index (χ2v) is 10.8. The number of benzene rings is 2. The maximum Gasteiger partial charge on any atom is 0.412 e. The summed E-state index contributed by atoms with van der Waals surface area (Å²) in [5, 5.41) is 12.1. The zero-order valence-corrected chi connectivity index (χ0v) is 21.2. The predicted molar refractivity (Wildman–Crippen MR) is 143 cm³/mol. The number of carboxylic acids is 1. The van der Waals surface area contributed by atoms with E-state index in [0.29, 0.717) is 10.6 Å². The lowest BCUT2D eigenvalue weighted by Crippen LogP contribution is -2.16. The molecule has 0 bridgehead atoms. The predicted octanol–water partition coefficient (Wildman–Crippen LogP) is 8.07. The molecule has 0 fully saturated rings. The van der Waals surface area contributed by atoms with Crippen LogP contribution >= 0.6 is 34.2 Å². The van der Waals surface area contributed by atoms with Gasteiger partial charge in [0.15, 0.2) is 0 Å². The Bertz CT molecular complexity index is 1490. The number of fused-ring (bicyclic) bond motifs is 1. The van der Waals surface area contributed by atoms with Crippen molar-refractivity contribution in [2.24, 2.45) is 0 Å². The number of aromatic carboxylic acids is 1. The summed E-state index contributed by atoms with van der Waals surface area (Å²) in [5.41, 5.74) is 4.28. The number of nitrogens with one attached hydrogen (secondary N) is 1. The van der Waals surface area contributed by atoms with Crippen molar-refractivity contribution in [2.75, 3.05) is 5.32 Å². The summed E-state index contributed by atoms with van der Waals surface area (Å²) in [4.78, 5) is 26.1. The second kappa shape index (κ2) is 9.61. The van der Waals surface area contributed by atoms with Crippen LogP contribution in [0.3, 0.4) is 0 Å². The van der Waals surface area contributed by atoms with Gasteiger partial charge in [-0.2, -0.15) is 4.37 Å². The average Bonchev–Trinajstić information content (AvgIpc) is 3.54. The summed E-state index contributed by atoms with van der Waals surface area (Å²) in [6.45, 7) is 3.69. The summed E-state index contributed by atoms with van der Waals surface area (Å²) in [7, 11) is 0. The number of nitrogens with zero attached hydrogens (tertiary/aromatic N) is 1. The van der Waals surface area contributed by atoms with E-state index >= 15 is 0 Å². The molecule has 1 atom stereocenters. The number of rotatable bonds is 6. The Kier molecular flexibility index (Phi) is 6.38. The highest BCUT2D eigenvalue weighted by Gasteiger charge is 2.19. The molecule has 2 aromatic carbocycles. The molecule has 0 aliphatic rings. The molecule has 0 radical (unpaired) electrons. The molecule has 3 aromatic heterocycles. The number of carboxylic acid groups (broad SMARTS) is 1. The topological polar surface area (TPSA) is 88.5 Å². The number of hydrogen-bond acceptors (Lipinski definition) is 7. The first-order chi connectivity index (χ1) is 16.9. The normalized spacial score (nSPS) is 11.9. The third kappa shape index (κ3) is 4.84. The van der Waals surface area contributed by atoms with Gasteiger partial charge in [-0.1, -0.05) is 54.6 Å². The maximum atomic E-state index is 12.6. The van der Waals surface area contributed by atoms with E-state index in [1.165, 1.54) is 22.9 Å². The first kappa shape index (κ1) is 23.2. The molecule has 2 N–H and O–H groups in total. The van der Waals surface area contributed by atoms with E-state index in [4.69, 9.17) is 4.74 Å². The van der Waals surface area contributed by atoms with Crippen LogP contribution in [-0.2, 0) is 4.74 Å². The Morgan fingerprint density at radius 1 is 0.971 bits per heavy atom. The fraction of sp³-hybridized carbons (Fsp3) is 0.115. The summed E-state index contributed by atoms with van der Waals surface area (Å²) in [6, 6.07) is 21.4. The molecule has 5 rings (SSSR count). The lowest BCUT2D eigenvalue weighted by atomic mass is 10.1. The third-order valence-electron chi connectivity index (χ3n) is 5.49. The number of thiophene rings is 2. The highest BCUT2D eigenvalue weighted by Crippen LogP contribution is 2.40. The van der Waals surface area contributed by atoms with Crippen LogP contribution < -0.4 is 5.32 Å². The van der Waals surface area contributed by atoms with Crippen LogP contribution in [0.15, 0.2) is 66.7 Å². The standard InChI is InChI=1S/C26H20N2O4S3/c1-14-23(27-26(31)32-15(2)16-6-4-3-5-7-16)24(35-28-14)18-10-8-17(9-11-18)19-12-20-21(33-19)13-22(34-20)25(29)30/h3-13,15H,1-2H3,(H,27,31)(H,29,30)/t15-/m1/s1. The van der Waals surface area contributed by atoms with Gasteiger partial charge in [0, 0.05) is 14.3 Å². The van der Waals surface area contributed by atoms with E-state index in [-0.39, 0.29) is 6.10 Å². The molecule has 176 valence electrons. The molecule has 35 heavy (non-hydrogen) atoms. The molecular formula is C26H20N2O4S3. The van der Waals surface area contributed by atoms with E-state index in [1.54, 1.807) is 17.4 Å². The van der Waals surface area contributed by atoms with Gasteiger partial charge in [-0.25, -0.2) is 9.59 Å². The van der Waals surface area contributed by atoms with Crippen LogP contribution in [0.4, 0.5) is 10.5 Å². The number of aryl methyl sites for hydroxylation is 1. The molecule has 3 heterocycles. The van der Waals surface area contributed by atoms with Crippen molar-refractivity contribution >= 4 is 61.4 Å². The van der Waals surface area contributed by atoms with Crippen molar-refractivity contribution in [3.05, 3.63) is 82.9 Å². The van der Waals surface area contributed by atoms with Crippen LogP contribution in [0.1, 0.15) is 34.0 Å². The largest absolute Gasteiger partial charge is 0.477 e. The lowest BCUT2D eigenvalue weighted by molar-refractivity contribution is 0.0702. The smallest absolute Gasteiger partial charge is 0.412 e. The number of ether oxygens (including phenoxy) is 1. The summed E-state index contributed by atoms with van der Waals surface area (Å²) >= 11 is 4.19. The number of carbonyl (C=O) groups excluding carboxylic acids is 1. The number of amides is 1. The second-order valence-electron chi connectivity index (χ2n) is 7.89. The molecule has 6 nitrogen and oxygen atoms in total. The first-order valence-corrected chi connectivity index (χ1v) is 13.2. The molecule has 0 saturated carbocycles. The monoisotopic (exact) mass is 520 g/mol. The average molecular weight is 521 g/mol. The van der Waals surface area contributed by atoms with Crippen molar-refractivity contribution in [1.82, 2.24) is 4.37 Å². The minimum absolute atomic E-state index is 0.352. The van der Waals surface area contributed by atoms with Crippen molar-refractivity contribution < 1.29 is 19.4 Å². The Morgan fingerprint density at radius 2 is 1.66 bits per heavy atom. The van der Waals surface area contributed by atoms with Gasteiger partial charge >= 0.3 is 12.1 Å². The molecule has 9 heteroatoms. The maximum absolute atomic E-state index is 12.6. The SMILES string of the molecule is Cc1nsc(-c2ccc(-c3cc4sc(C(=O)O)cc4s3)cc2)c1NC(=O)O[C@H](C)c1ccccc1. The third-order valence-corrected chi connectivity index (χ3v) is 8.81. The summed E-state index contributed by atoms with van der Waals surface area (Å²) in [6.07, 6.45) is -0.903. The molecule has 0 aliphatic carbocycles. The van der Waals surface area contributed by atoms with Crippen LogP contribution in [0.5, 0.6) is 0 Å². The van der Waals surface area contributed by atoms with E-state index in [2.05, 4.69) is 9.69 Å². The Balaban J connectivity index is 1.33. The van der Waals surface area contributed by atoms with Crippen LogP contribution in [0.25, 0.3) is 30.3 Å². The van der Waals surface area contributed by atoms with Gasteiger partial charge in [0.2, 0.25) is 0 Å². The van der Waals surface area contributed by atoms with Gasteiger partial charge in [-0.05, 0) is 54.2 Å². The minimum Gasteiger partial charge on any atom is -0.477 e. The molecule has 0 aliphatic heterocycles. The zero-order valence-electron chi connectivity index (χ0n) is 18.8. The van der Waals surface area contributed by atoms with Crippen molar-refractivity contribution in [3.8, 4) is 20.9 Å². The quantitative estimate of drug-likeness (QED) is 0.236. The van der Waals surface area contributed by atoms with Crippen LogP contribution in [-0.4, -0.2) is 21.5 Å². The molecule has 5 aromatic rings. The number of aromatic nitrogens is 1. The number of hydrogen-bond donors (Lipinski definition) is 2. The van der Waals surface area contributed by atoms with Gasteiger partial charge in [-0.15, -0.1) is 22.7 Å². The fourth-order valence-electron chi connectivity index (χ4n) is 3.67. The van der Waals surface area contributed by atoms with Gasteiger partial charge < -0.3 is 9.84 Å². The Labute approximate surface area is 213 Å². The number of carbonyl (C=O) groups is 2. The molecule has 0 unspecified atom stereocenters. The molecule has 1 amide bonds. The molecular weight excluding hydrogens is 500 g/mol. The van der Waals surface area contributed by atoms with Crippen molar-refractivity contribution in [2.45, 2.75) is 20.0 Å². The fourth-order valence-corrected chi connectivity index (χ4v) is 6.76. The van der Waals surface area contributed by atoms with E-state index in [0.717, 1.165) is 41.5 Å². The highest BCUT2D eigenvalue weighted by molar-refractivity contribution is 7.30. The van der Waals surface area contributed by atoms with Crippen molar-refractivity contribution in [1.29, 1.82) is 0 Å². The van der Waals surface area contributed by atoms with E-state index < -0.39 is 12.1 Å². The summed E-state index contributed by atoms with van der Waals surface area (Å²) < 4.78 is 11.9. The first-order valence-electron chi connectivity index (χ1n) is 10.8. The Morgan fingerprint density at radius 3 is 2.34 bits per heavy atom. The highest BCUT2D eigenvalue weighted by atomic mass is 32.1. The number of anilines is 1. The van der Waals surface area contributed by atoms with Crippen molar-refractivity contribution in [3.63, 3.8) is 0 Å². The van der Waals surface area contributed by atoms with Gasteiger partial charge in [0.05, 0.1) is 16.3 Å². The zero-order chi connectivity index (χ0) is 24.5. The Hall–Kier alpha value is -3.53. The van der Waals surface area contributed by atoms with Crippen LogP contribution in [0, 0.1) is 6.92 Å². The lowest BCUT2D eigenvalue weighted by Gasteiger charge is -2.14. The van der Waals surface area contributed by atoms with Gasteiger partial charge in [0.25, 0.3) is 0 Å². The molecule has 0 saturated heterocycles. The van der Waals surface area contributed by atoms with Gasteiger partial charge in [-0.3, -0.25) is 5.32 Å². The van der Waals surface area contributed by atoms with Gasteiger partial charge in [0.1, 0.15) is 11.0 Å². The van der Waals surface area contributed by atoms with Crippen LogP contribution in [0.2, 0.25) is 0 Å².